The van der Waals surface area contributed by atoms with Crippen molar-refractivity contribution in [1.82, 2.24) is 4.90 Å². The summed E-state index contributed by atoms with van der Waals surface area (Å²) in [5.41, 5.74) is 2.80. The molecular formula is C31H31ClN2O5S. The lowest BCUT2D eigenvalue weighted by Gasteiger charge is -2.29. The Labute approximate surface area is 240 Å². The maximum absolute atomic E-state index is 14.2. The van der Waals surface area contributed by atoms with E-state index in [0.29, 0.717) is 18.8 Å². The number of hydrogen-bond donors (Lipinski definition) is 0. The number of halogens is 1. The quantitative estimate of drug-likeness (QED) is 0.215. The van der Waals surface area contributed by atoms with E-state index < -0.39 is 16.6 Å². The Hall–Kier alpha value is -4.01. The molecule has 4 aromatic rings. The van der Waals surface area contributed by atoms with E-state index >= 15 is 0 Å². The van der Waals surface area contributed by atoms with Gasteiger partial charge in [0, 0.05) is 13.1 Å². The lowest BCUT2D eigenvalue weighted by Crippen LogP contribution is -2.42. The fourth-order valence-electron chi connectivity index (χ4n) is 4.29. The zero-order chi connectivity index (χ0) is 28.7. The van der Waals surface area contributed by atoms with Crippen LogP contribution in [0.25, 0.3) is 0 Å². The van der Waals surface area contributed by atoms with Gasteiger partial charge in [-0.05, 0) is 53.9 Å². The summed E-state index contributed by atoms with van der Waals surface area (Å²) in [6.07, 6.45) is 0. The van der Waals surface area contributed by atoms with Gasteiger partial charge < -0.3 is 14.4 Å². The van der Waals surface area contributed by atoms with Crippen LogP contribution in [0.15, 0.2) is 102 Å². The highest BCUT2D eigenvalue weighted by Gasteiger charge is 2.32. The van der Waals surface area contributed by atoms with E-state index in [1.54, 1.807) is 36.1 Å². The zero-order valence-electron chi connectivity index (χ0n) is 22.6. The summed E-state index contributed by atoms with van der Waals surface area (Å²) < 4.78 is 40.1. The van der Waals surface area contributed by atoms with Crippen molar-refractivity contribution < 1.29 is 22.7 Å². The summed E-state index contributed by atoms with van der Waals surface area (Å²) in [6.45, 7) is 1.95. The monoisotopic (exact) mass is 578 g/mol. The van der Waals surface area contributed by atoms with Gasteiger partial charge in [-0.1, -0.05) is 78.3 Å². The third-order valence-electron chi connectivity index (χ3n) is 6.37. The lowest BCUT2D eigenvalue weighted by atomic mass is 10.1. The van der Waals surface area contributed by atoms with E-state index in [0.717, 1.165) is 21.0 Å². The predicted molar refractivity (Wildman–Crippen MR) is 157 cm³/mol. The van der Waals surface area contributed by atoms with Crippen LogP contribution >= 0.6 is 11.6 Å². The van der Waals surface area contributed by atoms with E-state index in [1.807, 2.05) is 60.7 Å². The number of amides is 1. The van der Waals surface area contributed by atoms with Crippen molar-refractivity contribution in [2.45, 2.75) is 24.9 Å². The first-order valence-electron chi connectivity index (χ1n) is 12.6. The first-order chi connectivity index (χ1) is 19.2. The fraction of sp³-hybridized carbons (Fsp3) is 0.194. The summed E-state index contributed by atoms with van der Waals surface area (Å²) in [6, 6.07) is 28.7. The van der Waals surface area contributed by atoms with Crippen molar-refractivity contribution in [3.05, 3.63) is 119 Å². The second-order valence-electron chi connectivity index (χ2n) is 9.21. The topological polar surface area (TPSA) is 76.2 Å². The smallest absolute Gasteiger partial charge is 0.268 e. The second kappa shape index (κ2) is 12.9. The molecule has 4 rings (SSSR count). The Morgan fingerprint density at radius 3 is 1.85 bits per heavy atom. The minimum absolute atomic E-state index is 0.0487. The average molecular weight is 579 g/mol. The summed E-state index contributed by atoms with van der Waals surface area (Å²) >= 11 is 6.40. The minimum atomic E-state index is -4.27. The van der Waals surface area contributed by atoms with Crippen LogP contribution in [-0.4, -0.2) is 40.0 Å². The Morgan fingerprint density at radius 1 is 0.775 bits per heavy atom. The predicted octanol–water partition coefficient (Wildman–Crippen LogP) is 6.09. The van der Waals surface area contributed by atoms with Gasteiger partial charge in [-0.25, -0.2) is 8.42 Å². The summed E-state index contributed by atoms with van der Waals surface area (Å²) in [7, 11) is -1.39. The third-order valence-corrected chi connectivity index (χ3v) is 8.47. The number of nitrogens with zero attached hydrogens (tertiary/aromatic N) is 2. The standard InChI is InChI=1S/C31H31ClN2O5S/c1-23-14-16-29(39-3)30(18-23)40(36,37)34(26-15-17-28(38-2)27(32)19-26)22-31(35)33(20-24-10-6-4-7-11-24)21-25-12-8-5-9-13-25/h4-19H,20-22H2,1-3H3. The molecule has 0 unspecified atom stereocenters. The van der Waals surface area contributed by atoms with Crippen LogP contribution in [0.1, 0.15) is 16.7 Å². The Kier molecular flexibility index (Phi) is 9.34. The Balaban J connectivity index is 1.77. The first kappa shape index (κ1) is 29.0. The van der Waals surface area contributed by atoms with Crippen LogP contribution in [0.2, 0.25) is 5.02 Å². The molecule has 9 heteroatoms. The number of rotatable bonds is 11. The van der Waals surface area contributed by atoms with Gasteiger partial charge in [0.15, 0.2) is 0 Å². The van der Waals surface area contributed by atoms with E-state index in [9.17, 15) is 13.2 Å². The normalized spacial score (nSPS) is 11.1. The number of carbonyl (C=O) groups is 1. The van der Waals surface area contributed by atoms with Crippen LogP contribution in [0.3, 0.4) is 0 Å². The number of sulfonamides is 1. The van der Waals surface area contributed by atoms with Gasteiger partial charge in [-0.3, -0.25) is 9.10 Å². The van der Waals surface area contributed by atoms with E-state index in [4.69, 9.17) is 21.1 Å². The molecule has 0 aliphatic heterocycles. The van der Waals surface area contributed by atoms with Crippen molar-refractivity contribution in [3.8, 4) is 11.5 Å². The molecule has 0 saturated heterocycles. The van der Waals surface area contributed by atoms with Gasteiger partial charge in [0.05, 0.1) is 24.9 Å². The molecule has 7 nitrogen and oxygen atoms in total. The molecule has 0 N–H and O–H groups in total. The summed E-state index contributed by atoms with van der Waals surface area (Å²) in [4.78, 5) is 15.6. The molecule has 0 radical (unpaired) electrons. The number of aryl methyl sites for hydroxylation is 1. The number of benzene rings is 4. The second-order valence-corrected chi connectivity index (χ2v) is 11.4. The fourth-order valence-corrected chi connectivity index (χ4v) is 6.19. The number of carbonyl (C=O) groups excluding carboxylic acids is 1. The molecule has 0 atom stereocenters. The maximum Gasteiger partial charge on any atom is 0.268 e. The molecule has 0 bridgehead atoms. The zero-order valence-corrected chi connectivity index (χ0v) is 24.2. The lowest BCUT2D eigenvalue weighted by molar-refractivity contribution is -0.130. The number of ether oxygens (including phenoxy) is 2. The van der Waals surface area contributed by atoms with Crippen LogP contribution in [-0.2, 0) is 27.9 Å². The third kappa shape index (κ3) is 6.76. The molecule has 0 saturated carbocycles. The molecule has 0 heterocycles. The van der Waals surface area contributed by atoms with Crippen molar-refractivity contribution in [2.75, 3.05) is 25.1 Å². The van der Waals surface area contributed by atoms with E-state index in [2.05, 4.69) is 0 Å². The molecular weight excluding hydrogens is 548 g/mol. The maximum atomic E-state index is 14.2. The largest absolute Gasteiger partial charge is 0.495 e. The summed E-state index contributed by atoms with van der Waals surface area (Å²) in [5.74, 6) is 0.180. The molecule has 0 aliphatic carbocycles. The van der Waals surface area contributed by atoms with E-state index in [-0.39, 0.29) is 27.3 Å². The van der Waals surface area contributed by atoms with Gasteiger partial charge in [0.2, 0.25) is 5.91 Å². The average Bonchev–Trinajstić information content (AvgIpc) is 2.96. The van der Waals surface area contributed by atoms with Crippen molar-refractivity contribution >= 4 is 33.2 Å². The van der Waals surface area contributed by atoms with Gasteiger partial charge in [-0.15, -0.1) is 0 Å². The Bertz CT molecular complexity index is 1520. The molecule has 0 aliphatic rings. The number of anilines is 1. The Morgan fingerprint density at radius 2 is 1.32 bits per heavy atom. The van der Waals surface area contributed by atoms with Gasteiger partial charge in [0.1, 0.15) is 22.9 Å². The number of methoxy groups -OCH3 is 2. The van der Waals surface area contributed by atoms with Crippen molar-refractivity contribution in [1.29, 1.82) is 0 Å². The molecule has 208 valence electrons. The van der Waals surface area contributed by atoms with Crippen LogP contribution < -0.4 is 13.8 Å². The highest BCUT2D eigenvalue weighted by atomic mass is 35.5. The number of hydrogen-bond acceptors (Lipinski definition) is 5. The molecule has 40 heavy (non-hydrogen) atoms. The molecule has 0 spiro atoms. The highest BCUT2D eigenvalue weighted by molar-refractivity contribution is 7.93. The molecule has 0 aromatic heterocycles. The first-order valence-corrected chi connectivity index (χ1v) is 14.4. The van der Waals surface area contributed by atoms with Crippen molar-refractivity contribution in [3.63, 3.8) is 0 Å². The van der Waals surface area contributed by atoms with E-state index in [1.165, 1.54) is 26.4 Å². The van der Waals surface area contributed by atoms with Crippen LogP contribution in [0.5, 0.6) is 11.5 Å². The van der Waals surface area contributed by atoms with Gasteiger partial charge >= 0.3 is 0 Å². The molecule has 1 amide bonds. The van der Waals surface area contributed by atoms with Crippen molar-refractivity contribution in [2.24, 2.45) is 0 Å². The summed E-state index contributed by atoms with van der Waals surface area (Å²) in [5, 5.41) is 0.217. The van der Waals surface area contributed by atoms with Crippen LogP contribution in [0, 0.1) is 6.92 Å². The molecule has 0 fully saturated rings. The van der Waals surface area contributed by atoms with Gasteiger partial charge in [-0.2, -0.15) is 0 Å². The highest BCUT2D eigenvalue weighted by Crippen LogP contribution is 2.35. The van der Waals surface area contributed by atoms with Gasteiger partial charge in [0.25, 0.3) is 10.0 Å². The minimum Gasteiger partial charge on any atom is -0.495 e. The SMILES string of the molecule is COc1ccc(N(CC(=O)N(Cc2ccccc2)Cc2ccccc2)S(=O)(=O)c2cc(C)ccc2OC)cc1Cl. The molecule has 4 aromatic carbocycles. The van der Waals surface area contributed by atoms with Crippen LogP contribution in [0.4, 0.5) is 5.69 Å².